The molecular formula is C34H35FN2O4. The highest BCUT2D eigenvalue weighted by atomic mass is 19.1. The summed E-state index contributed by atoms with van der Waals surface area (Å²) in [5.74, 6) is -0.816. The van der Waals surface area contributed by atoms with Crippen LogP contribution in [0.3, 0.4) is 0 Å². The second kappa shape index (κ2) is 12.5. The quantitative estimate of drug-likeness (QED) is 0.225. The third kappa shape index (κ3) is 6.57. The molecule has 0 aliphatic carbocycles. The molecule has 0 radical (unpaired) electrons. The number of cyclic esters (lactones) is 1. The van der Waals surface area contributed by atoms with Crippen LogP contribution < -0.4 is 5.32 Å². The van der Waals surface area contributed by atoms with Crippen LogP contribution in [0.1, 0.15) is 50.3 Å². The van der Waals surface area contributed by atoms with Crippen LogP contribution in [0.2, 0.25) is 0 Å². The van der Waals surface area contributed by atoms with Gasteiger partial charge in [-0.2, -0.15) is 0 Å². The van der Waals surface area contributed by atoms with Crippen molar-refractivity contribution < 1.29 is 23.8 Å². The Morgan fingerprint density at radius 2 is 1.66 bits per heavy atom. The van der Waals surface area contributed by atoms with Gasteiger partial charge in [0.2, 0.25) is 5.91 Å². The van der Waals surface area contributed by atoms with Crippen molar-refractivity contribution >= 4 is 17.6 Å². The monoisotopic (exact) mass is 554 g/mol. The van der Waals surface area contributed by atoms with E-state index in [4.69, 9.17) is 4.74 Å². The highest BCUT2D eigenvalue weighted by Crippen LogP contribution is 2.43. The first-order chi connectivity index (χ1) is 19.8. The number of aliphatic hydroxyl groups is 1. The van der Waals surface area contributed by atoms with Crippen LogP contribution in [0, 0.1) is 5.82 Å². The van der Waals surface area contributed by atoms with Gasteiger partial charge >= 0.3 is 5.97 Å². The maximum Gasteiger partial charge on any atom is 0.308 e. The molecule has 2 N–H and O–H groups in total. The molecule has 2 atom stereocenters. The topological polar surface area (TPSA) is 80.6 Å². The minimum absolute atomic E-state index is 0.0108. The van der Waals surface area contributed by atoms with Crippen LogP contribution in [0.15, 0.2) is 84.9 Å². The van der Waals surface area contributed by atoms with E-state index in [0.29, 0.717) is 19.4 Å². The molecular weight excluding hydrogens is 519 g/mol. The van der Waals surface area contributed by atoms with Crippen molar-refractivity contribution in [2.75, 3.05) is 5.32 Å². The van der Waals surface area contributed by atoms with Crippen LogP contribution >= 0.6 is 0 Å². The molecule has 1 aliphatic heterocycles. The van der Waals surface area contributed by atoms with E-state index in [9.17, 15) is 19.1 Å². The van der Waals surface area contributed by atoms with Crippen molar-refractivity contribution in [3.63, 3.8) is 0 Å². The van der Waals surface area contributed by atoms with Crippen LogP contribution in [0.5, 0.6) is 0 Å². The normalized spacial score (nSPS) is 17.0. The Morgan fingerprint density at radius 3 is 2.29 bits per heavy atom. The molecule has 3 aromatic carbocycles. The highest BCUT2D eigenvalue weighted by Gasteiger charge is 2.30. The number of hydrogen-bond acceptors (Lipinski definition) is 4. The Balaban J connectivity index is 1.65. The molecule has 1 saturated heterocycles. The maximum atomic E-state index is 14.1. The van der Waals surface area contributed by atoms with Crippen molar-refractivity contribution in [2.45, 2.75) is 64.2 Å². The van der Waals surface area contributed by atoms with E-state index in [-0.39, 0.29) is 30.5 Å². The summed E-state index contributed by atoms with van der Waals surface area (Å²) in [7, 11) is 0. The smallest absolute Gasteiger partial charge is 0.308 e. The van der Waals surface area contributed by atoms with Crippen LogP contribution in [-0.4, -0.2) is 33.8 Å². The minimum atomic E-state index is -0.718. The van der Waals surface area contributed by atoms with Gasteiger partial charge in [0.05, 0.1) is 24.6 Å². The summed E-state index contributed by atoms with van der Waals surface area (Å²) in [5, 5.41) is 13.2. The number of halogens is 1. The molecule has 0 bridgehead atoms. The molecule has 1 aromatic heterocycles. The van der Waals surface area contributed by atoms with Gasteiger partial charge in [-0.05, 0) is 59.0 Å². The lowest BCUT2D eigenvalue weighted by Crippen LogP contribution is -2.33. The zero-order valence-electron chi connectivity index (χ0n) is 23.3. The van der Waals surface area contributed by atoms with Crippen molar-refractivity contribution in [1.29, 1.82) is 0 Å². The number of aromatic nitrogens is 1. The number of hydrogen-bond donors (Lipinski definition) is 2. The Labute approximate surface area is 239 Å². The number of ether oxygens (including phenoxy) is 1. The zero-order chi connectivity index (χ0) is 28.9. The first-order valence-corrected chi connectivity index (χ1v) is 14.1. The first-order valence-electron chi connectivity index (χ1n) is 14.1. The number of carbonyl (C=O) groups excluding carboxylic acids is 2. The second-order valence-corrected chi connectivity index (χ2v) is 10.9. The van der Waals surface area contributed by atoms with E-state index in [1.54, 1.807) is 12.1 Å². The van der Waals surface area contributed by atoms with Gasteiger partial charge in [-0.1, -0.05) is 62.4 Å². The largest absolute Gasteiger partial charge is 0.462 e. The first kappa shape index (κ1) is 28.3. The Hall–Kier alpha value is -4.23. The van der Waals surface area contributed by atoms with E-state index in [1.165, 1.54) is 12.1 Å². The van der Waals surface area contributed by atoms with Gasteiger partial charge in [-0.25, -0.2) is 4.39 Å². The number of esters is 1. The number of benzene rings is 3. The molecule has 0 unspecified atom stereocenters. The summed E-state index contributed by atoms with van der Waals surface area (Å²) in [6.07, 6.45) is -0.103. The number of aliphatic hydroxyl groups excluding tert-OH is 1. The predicted molar refractivity (Wildman–Crippen MR) is 158 cm³/mol. The van der Waals surface area contributed by atoms with Crippen molar-refractivity contribution in [1.82, 2.24) is 4.57 Å². The molecule has 4 aromatic rings. The Bertz CT molecular complexity index is 1500. The summed E-state index contributed by atoms with van der Waals surface area (Å²) in [6.45, 7) is 4.68. The van der Waals surface area contributed by atoms with Gasteiger partial charge < -0.3 is 19.7 Å². The molecule has 212 valence electrons. The lowest BCUT2D eigenvalue weighted by Gasteiger charge is -2.27. The van der Waals surface area contributed by atoms with Gasteiger partial charge in [-0.3, -0.25) is 9.59 Å². The molecule has 2 heterocycles. The number of nitrogens with zero attached hydrogens (tertiary/aromatic N) is 1. The van der Waals surface area contributed by atoms with Crippen LogP contribution in [0.4, 0.5) is 10.1 Å². The van der Waals surface area contributed by atoms with Gasteiger partial charge in [0.1, 0.15) is 11.9 Å². The van der Waals surface area contributed by atoms with Crippen molar-refractivity contribution in [3.8, 4) is 22.4 Å². The molecule has 1 amide bonds. The van der Waals surface area contributed by atoms with Crippen molar-refractivity contribution in [2.24, 2.45) is 0 Å². The molecule has 0 saturated carbocycles. The fraction of sp³-hybridized carbons (Fsp3) is 0.294. The lowest BCUT2D eigenvalue weighted by molar-refractivity contribution is -0.160. The number of carbonyl (C=O) groups is 2. The van der Waals surface area contributed by atoms with Gasteiger partial charge in [0, 0.05) is 36.3 Å². The molecule has 6 nitrogen and oxygen atoms in total. The molecule has 1 aliphatic rings. The summed E-state index contributed by atoms with van der Waals surface area (Å²) < 4.78 is 21.8. The summed E-state index contributed by atoms with van der Waals surface area (Å²) in [4.78, 5) is 25.5. The SMILES string of the molecule is CC(C)c1c(CC(=O)Nc2ccccc2)c(-c2ccccc2)c(-c2ccc(F)cc2)n1CC[C@@H]1C[C@@H](O)CC(=O)O1. The maximum absolute atomic E-state index is 14.1. The summed E-state index contributed by atoms with van der Waals surface area (Å²) in [6, 6.07) is 25.7. The van der Waals surface area contributed by atoms with E-state index in [2.05, 4.69) is 23.7 Å². The third-order valence-corrected chi connectivity index (χ3v) is 7.44. The van der Waals surface area contributed by atoms with E-state index >= 15 is 0 Å². The number of amides is 1. The predicted octanol–water partition coefficient (Wildman–Crippen LogP) is 6.72. The standard InChI is InChI=1S/C34H35FN2O4/c1-22(2)33-29(21-30(39)36-26-11-7-4-8-12-26)32(23-9-5-3-6-10-23)34(24-13-15-25(35)16-14-24)37(33)18-17-28-19-27(38)20-31(40)41-28/h3-16,22,27-28,38H,17-21H2,1-2H3,(H,36,39)/t27-,28-/m1/s1. The van der Waals surface area contributed by atoms with Gasteiger partial charge in [0.25, 0.3) is 0 Å². The molecule has 41 heavy (non-hydrogen) atoms. The Morgan fingerprint density at radius 1 is 1.00 bits per heavy atom. The lowest BCUT2D eigenvalue weighted by atomic mass is 9.93. The number of para-hydroxylation sites is 1. The fourth-order valence-electron chi connectivity index (χ4n) is 5.78. The van der Waals surface area contributed by atoms with E-state index in [0.717, 1.165) is 39.3 Å². The Kier molecular flexibility index (Phi) is 8.64. The van der Waals surface area contributed by atoms with E-state index in [1.807, 2.05) is 60.7 Å². The average Bonchev–Trinajstić information content (AvgIpc) is 3.26. The third-order valence-electron chi connectivity index (χ3n) is 7.44. The fourth-order valence-corrected chi connectivity index (χ4v) is 5.78. The van der Waals surface area contributed by atoms with Gasteiger partial charge in [-0.15, -0.1) is 0 Å². The highest BCUT2D eigenvalue weighted by molar-refractivity contribution is 5.96. The number of nitrogens with one attached hydrogen (secondary N) is 1. The average molecular weight is 555 g/mol. The molecule has 0 spiro atoms. The number of rotatable bonds is 9. The zero-order valence-corrected chi connectivity index (χ0v) is 23.3. The molecule has 5 rings (SSSR count). The summed E-state index contributed by atoms with van der Waals surface area (Å²) >= 11 is 0. The van der Waals surface area contributed by atoms with Crippen LogP contribution in [-0.2, 0) is 27.3 Å². The summed E-state index contributed by atoms with van der Waals surface area (Å²) in [5.41, 5.74) is 6.20. The number of anilines is 1. The van der Waals surface area contributed by atoms with Crippen LogP contribution in [0.25, 0.3) is 22.4 Å². The second-order valence-electron chi connectivity index (χ2n) is 10.9. The van der Waals surface area contributed by atoms with E-state index < -0.39 is 18.2 Å². The van der Waals surface area contributed by atoms with Crippen molar-refractivity contribution in [3.05, 3.63) is 102 Å². The molecule has 7 heteroatoms. The van der Waals surface area contributed by atoms with Gasteiger partial charge in [0.15, 0.2) is 0 Å². The minimum Gasteiger partial charge on any atom is -0.462 e. The molecule has 1 fully saturated rings.